The summed E-state index contributed by atoms with van der Waals surface area (Å²) in [6, 6.07) is 8.21. The number of aliphatic hydroxyl groups excluding tert-OH is 1. The SMILES string of the molecule is CC(C)(C)C(C(=O)O)[C@@H](CO)NC(=O)OCc1ccccc1. The summed E-state index contributed by atoms with van der Waals surface area (Å²) in [5.41, 5.74) is 0.204. The maximum atomic E-state index is 11.8. The normalized spacial score (nSPS) is 14.0. The van der Waals surface area contributed by atoms with Crippen molar-refractivity contribution in [2.24, 2.45) is 11.3 Å². The van der Waals surface area contributed by atoms with Gasteiger partial charge in [-0.1, -0.05) is 51.1 Å². The molecule has 6 heteroatoms. The summed E-state index contributed by atoms with van der Waals surface area (Å²) in [5, 5.41) is 21.2. The second kappa shape index (κ2) is 7.79. The zero-order valence-electron chi connectivity index (χ0n) is 13.1. The van der Waals surface area contributed by atoms with Crippen molar-refractivity contribution in [2.45, 2.75) is 33.4 Å². The van der Waals surface area contributed by atoms with Crippen LogP contribution in [0.2, 0.25) is 0 Å². The molecule has 0 bridgehead atoms. The molecule has 0 saturated heterocycles. The first-order valence-corrected chi connectivity index (χ1v) is 7.06. The summed E-state index contributed by atoms with van der Waals surface area (Å²) in [4.78, 5) is 23.2. The van der Waals surface area contributed by atoms with Gasteiger partial charge in [-0.3, -0.25) is 4.79 Å². The summed E-state index contributed by atoms with van der Waals surface area (Å²) in [7, 11) is 0. The number of rotatable bonds is 6. The minimum atomic E-state index is -1.07. The highest BCUT2D eigenvalue weighted by atomic mass is 16.5. The Morgan fingerprint density at radius 1 is 1.23 bits per heavy atom. The molecule has 0 fully saturated rings. The van der Waals surface area contributed by atoms with E-state index in [4.69, 9.17) is 4.74 Å². The fourth-order valence-corrected chi connectivity index (χ4v) is 2.30. The van der Waals surface area contributed by atoms with Gasteiger partial charge in [-0.25, -0.2) is 4.79 Å². The number of carbonyl (C=O) groups excluding carboxylic acids is 1. The average molecular weight is 309 g/mol. The molecule has 122 valence electrons. The van der Waals surface area contributed by atoms with Gasteiger partial charge < -0.3 is 20.3 Å². The van der Waals surface area contributed by atoms with E-state index in [1.165, 1.54) is 0 Å². The number of nitrogens with one attached hydrogen (secondary N) is 1. The molecular weight excluding hydrogens is 286 g/mol. The Morgan fingerprint density at radius 2 is 1.82 bits per heavy atom. The number of alkyl carbamates (subject to hydrolysis) is 1. The van der Waals surface area contributed by atoms with Crippen LogP contribution in [0, 0.1) is 11.3 Å². The molecular formula is C16H23NO5. The third kappa shape index (κ3) is 5.37. The Morgan fingerprint density at radius 3 is 2.27 bits per heavy atom. The highest BCUT2D eigenvalue weighted by molar-refractivity contribution is 5.74. The smallest absolute Gasteiger partial charge is 0.407 e. The fraction of sp³-hybridized carbons (Fsp3) is 0.500. The van der Waals surface area contributed by atoms with Gasteiger partial charge in [0.1, 0.15) is 6.61 Å². The lowest BCUT2D eigenvalue weighted by atomic mass is 9.76. The number of carboxylic acid groups (broad SMARTS) is 1. The van der Waals surface area contributed by atoms with Gasteiger partial charge >= 0.3 is 12.1 Å². The largest absolute Gasteiger partial charge is 0.481 e. The molecule has 0 radical (unpaired) electrons. The van der Waals surface area contributed by atoms with Gasteiger partial charge in [-0.15, -0.1) is 0 Å². The van der Waals surface area contributed by atoms with Gasteiger partial charge in [0.05, 0.1) is 18.6 Å². The zero-order chi connectivity index (χ0) is 16.8. The van der Waals surface area contributed by atoms with E-state index < -0.39 is 36.0 Å². The molecule has 1 aromatic carbocycles. The number of hydrogen-bond acceptors (Lipinski definition) is 4. The van der Waals surface area contributed by atoms with Crippen LogP contribution in [0.15, 0.2) is 30.3 Å². The summed E-state index contributed by atoms with van der Waals surface area (Å²) >= 11 is 0. The molecule has 0 heterocycles. The Hall–Kier alpha value is -2.08. The van der Waals surface area contributed by atoms with Crippen molar-refractivity contribution in [2.75, 3.05) is 6.61 Å². The molecule has 1 rings (SSSR count). The number of amides is 1. The van der Waals surface area contributed by atoms with E-state index in [1.54, 1.807) is 20.8 Å². The van der Waals surface area contributed by atoms with Crippen LogP contribution in [0.25, 0.3) is 0 Å². The van der Waals surface area contributed by atoms with Gasteiger partial charge in [0, 0.05) is 0 Å². The summed E-state index contributed by atoms with van der Waals surface area (Å²) in [6.45, 7) is 4.83. The van der Waals surface area contributed by atoms with Gasteiger partial charge in [0.15, 0.2) is 0 Å². The molecule has 0 saturated carbocycles. The van der Waals surface area contributed by atoms with E-state index in [9.17, 15) is 19.8 Å². The van der Waals surface area contributed by atoms with Crippen molar-refractivity contribution in [1.29, 1.82) is 0 Å². The first kappa shape index (κ1) is 18.0. The van der Waals surface area contributed by atoms with Crippen LogP contribution in [-0.2, 0) is 16.1 Å². The molecule has 0 aliphatic rings. The van der Waals surface area contributed by atoms with Crippen molar-refractivity contribution in [1.82, 2.24) is 5.32 Å². The molecule has 1 aromatic rings. The Bertz CT molecular complexity index is 495. The van der Waals surface area contributed by atoms with E-state index >= 15 is 0 Å². The van der Waals surface area contributed by atoms with Crippen molar-refractivity contribution in [3.05, 3.63) is 35.9 Å². The maximum Gasteiger partial charge on any atom is 0.407 e. The van der Waals surface area contributed by atoms with E-state index in [0.717, 1.165) is 5.56 Å². The van der Waals surface area contributed by atoms with E-state index in [-0.39, 0.29) is 6.61 Å². The minimum absolute atomic E-state index is 0.0814. The highest BCUT2D eigenvalue weighted by Gasteiger charge is 2.38. The van der Waals surface area contributed by atoms with Crippen molar-refractivity contribution < 1.29 is 24.5 Å². The first-order valence-electron chi connectivity index (χ1n) is 7.06. The van der Waals surface area contributed by atoms with E-state index in [0.29, 0.717) is 0 Å². The summed E-state index contributed by atoms with van der Waals surface area (Å²) in [5.74, 6) is -2.00. The standard InChI is InChI=1S/C16H23NO5/c1-16(2,3)13(14(19)20)12(9-18)17-15(21)22-10-11-7-5-4-6-8-11/h4-8,12-13,18H,9-10H2,1-3H3,(H,17,21)(H,19,20)/t12-,13?/m1/s1. The number of aliphatic carboxylic acids is 1. The van der Waals surface area contributed by atoms with Crippen LogP contribution in [0.5, 0.6) is 0 Å². The summed E-state index contributed by atoms with van der Waals surface area (Å²) < 4.78 is 5.05. The van der Waals surface area contributed by atoms with Crippen LogP contribution in [0.3, 0.4) is 0 Å². The van der Waals surface area contributed by atoms with Crippen molar-refractivity contribution in [3.8, 4) is 0 Å². The fourth-order valence-electron chi connectivity index (χ4n) is 2.30. The number of benzene rings is 1. The number of carboxylic acids is 1. The lowest BCUT2D eigenvalue weighted by molar-refractivity contribution is -0.147. The van der Waals surface area contributed by atoms with Gasteiger partial charge in [0.2, 0.25) is 0 Å². The van der Waals surface area contributed by atoms with Gasteiger partial charge in [-0.05, 0) is 11.0 Å². The van der Waals surface area contributed by atoms with Crippen LogP contribution >= 0.6 is 0 Å². The van der Waals surface area contributed by atoms with Crippen LogP contribution < -0.4 is 5.32 Å². The Kier molecular flexibility index (Phi) is 6.37. The highest BCUT2D eigenvalue weighted by Crippen LogP contribution is 2.29. The number of ether oxygens (including phenoxy) is 1. The number of hydrogen-bond donors (Lipinski definition) is 3. The molecule has 0 aliphatic heterocycles. The topological polar surface area (TPSA) is 95.9 Å². The third-order valence-electron chi connectivity index (χ3n) is 3.31. The molecule has 0 aromatic heterocycles. The van der Waals surface area contributed by atoms with E-state index in [1.807, 2.05) is 30.3 Å². The van der Waals surface area contributed by atoms with E-state index in [2.05, 4.69) is 5.32 Å². The molecule has 22 heavy (non-hydrogen) atoms. The molecule has 3 N–H and O–H groups in total. The molecule has 2 atom stereocenters. The van der Waals surface area contributed by atoms with Crippen LogP contribution in [0.1, 0.15) is 26.3 Å². The van der Waals surface area contributed by atoms with Crippen molar-refractivity contribution in [3.63, 3.8) is 0 Å². The predicted octanol–water partition coefficient (Wildman–Crippen LogP) is 2.02. The average Bonchev–Trinajstić information content (AvgIpc) is 2.43. The summed E-state index contributed by atoms with van der Waals surface area (Å²) in [6.07, 6.45) is -0.751. The molecule has 1 unspecified atom stereocenters. The molecule has 0 aliphatic carbocycles. The Balaban J connectivity index is 2.64. The second-order valence-corrected chi connectivity index (χ2v) is 6.18. The van der Waals surface area contributed by atoms with Crippen molar-refractivity contribution >= 4 is 12.1 Å². The van der Waals surface area contributed by atoms with Crippen LogP contribution in [-0.4, -0.2) is 34.9 Å². The second-order valence-electron chi connectivity index (χ2n) is 6.18. The number of carbonyl (C=O) groups is 2. The first-order chi connectivity index (χ1) is 10.3. The third-order valence-corrected chi connectivity index (χ3v) is 3.31. The maximum absolute atomic E-state index is 11.8. The molecule has 6 nitrogen and oxygen atoms in total. The predicted molar refractivity (Wildman–Crippen MR) is 81.2 cm³/mol. The zero-order valence-corrected chi connectivity index (χ0v) is 13.1. The lowest BCUT2D eigenvalue weighted by Gasteiger charge is -2.33. The van der Waals surface area contributed by atoms with Crippen LogP contribution in [0.4, 0.5) is 4.79 Å². The lowest BCUT2D eigenvalue weighted by Crippen LogP contribution is -2.50. The van der Waals surface area contributed by atoms with Gasteiger partial charge in [0.25, 0.3) is 0 Å². The Labute approximate surface area is 130 Å². The van der Waals surface area contributed by atoms with Gasteiger partial charge in [-0.2, -0.15) is 0 Å². The number of aliphatic hydroxyl groups is 1. The minimum Gasteiger partial charge on any atom is -0.481 e. The molecule has 0 spiro atoms. The quantitative estimate of drug-likeness (QED) is 0.747. The molecule has 1 amide bonds. The monoisotopic (exact) mass is 309 g/mol.